The maximum Gasteiger partial charge on any atom is 0.400 e. The maximum atomic E-state index is 14.5. The predicted molar refractivity (Wildman–Crippen MR) is 99.8 cm³/mol. The molecule has 0 spiro atoms. The Morgan fingerprint density at radius 2 is 1.81 bits per heavy atom. The van der Waals surface area contributed by atoms with Crippen molar-refractivity contribution < 1.29 is 17.9 Å². The number of ether oxygens (including phenoxy) is 1. The number of hydrogen-bond donors (Lipinski definition) is 0. The lowest BCUT2D eigenvalue weighted by atomic mass is 9.81. The molecule has 1 fully saturated rings. The minimum Gasteiger partial charge on any atom is -0.432 e. The molecule has 0 heterocycles. The summed E-state index contributed by atoms with van der Waals surface area (Å²) in [7, 11) is 0. The first-order valence-corrected chi connectivity index (χ1v) is 8.98. The Balaban J connectivity index is 1.79. The molecule has 1 aliphatic rings. The summed E-state index contributed by atoms with van der Waals surface area (Å²) in [6.07, 6.45) is 4.29. The van der Waals surface area contributed by atoms with Gasteiger partial charge in [-0.05, 0) is 73.6 Å². The number of hydrogen-bond acceptors (Lipinski definition) is 1. The van der Waals surface area contributed by atoms with E-state index in [4.69, 9.17) is 4.74 Å². The van der Waals surface area contributed by atoms with E-state index < -0.39 is 12.0 Å². The molecule has 1 saturated carbocycles. The average molecular weight is 360 g/mol. The first-order valence-electron chi connectivity index (χ1n) is 8.98. The van der Waals surface area contributed by atoms with E-state index in [1.807, 2.05) is 13.0 Å². The average Bonchev–Trinajstić information content (AvgIpc) is 2.62. The topological polar surface area (TPSA) is 9.23 Å². The van der Waals surface area contributed by atoms with Crippen molar-refractivity contribution in [1.82, 2.24) is 0 Å². The van der Waals surface area contributed by atoms with Gasteiger partial charge < -0.3 is 4.74 Å². The van der Waals surface area contributed by atoms with Crippen LogP contribution in [0.3, 0.4) is 0 Å². The number of rotatable bonds is 5. The summed E-state index contributed by atoms with van der Waals surface area (Å²) in [5.41, 5.74) is 0.470. The van der Waals surface area contributed by atoms with Crippen molar-refractivity contribution in [3.63, 3.8) is 0 Å². The zero-order valence-electron chi connectivity index (χ0n) is 14.9. The summed E-state index contributed by atoms with van der Waals surface area (Å²) in [6, 6.07) is 7.72. The Hall–Kier alpha value is -2.23. The molecule has 26 heavy (non-hydrogen) atoms. The van der Waals surface area contributed by atoms with Gasteiger partial charge in [0.15, 0.2) is 0 Å². The summed E-state index contributed by atoms with van der Waals surface area (Å²) in [5.74, 6) is -0.811. The molecule has 2 aromatic rings. The third kappa shape index (κ3) is 3.95. The maximum absolute atomic E-state index is 14.5. The van der Waals surface area contributed by atoms with Crippen LogP contribution in [0.2, 0.25) is 0 Å². The molecule has 2 aromatic carbocycles. The first-order chi connectivity index (χ1) is 12.4. The quantitative estimate of drug-likeness (QED) is 0.523. The van der Waals surface area contributed by atoms with Crippen molar-refractivity contribution in [3.05, 3.63) is 60.4 Å². The minimum absolute atomic E-state index is 0.0616. The monoisotopic (exact) mass is 360 g/mol. The van der Waals surface area contributed by atoms with Crippen molar-refractivity contribution in [2.24, 2.45) is 11.8 Å². The van der Waals surface area contributed by atoms with Crippen LogP contribution >= 0.6 is 0 Å². The van der Waals surface area contributed by atoms with Crippen LogP contribution in [-0.4, -0.2) is 6.11 Å². The molecule has 1 aliphatic carbocycles. The van der Waals surface area contributed by atoms with Gasteiger partial charge in [-0.1, -0.05) is 24.3 Å². The van der Waals surface area contributed by atoms with Crippen LogP contribution in [0.5, 0.6) is 5.75 Å². The third-order valence-electron chi connectivity index (χ3n) is 5.11. The number of alkyl halides is 2. The van der Waals surface area contributed by atoms with Crippen molar-refractivity contribution in [3.8, 4) is 5.75 Å². The van der Waals surface area contributed by atoms with Crippen molar-refractivity contribution in [2.45, 2.75) is 38.7 Å². The lowest BCUT2D eigenvalue weighted by Crippen LogP contribution is -2.37. The molecule has 0 atom stereocenters. The number of halogens is 3. The highest BCUT2D eigenvalue weighted by Gasteiger charge is 2.43. The fourth-order valence-corrected chi connectivity index (χ4v) is 3.57. The van der Waals surface area contributed by atoms with E-state index in [2.05, 4.69) is 6.58 Å². The second-order valence-electron chi connectivity index (χ2n) is 6.89. The summed E-state index contributed by atoms with van der Waals surface area (Å²) < 4.78 is 48.2. The van der Waals surface area contributed by atoms with Crippen LogP contribution < -0.4 is 4.74 Å². The minimum atomic E-state index is -3.23. The Bertz CT molecular complexity index is 817. The van der Waals surface area contributed by atoms with Crippen LogP contribution in [0.4, 0.5) is 13.2 Å². The highest BCUT2D eigenvalue weighted by molar-refractivity contribution is 5.86. The van der Waals surface area contributed by atoms with Gasteiger partial charge in [-0.25, -0.2) is 4.39 Å². The molecule has 0 radical (unpaired) electrons. The van der Waals surface area contributed by atoms with E-state index in [0.717, 1.165) is 5.39 Å². The molecule has 3 rings (SSSR count). The molecule has 0 amide bonds. The fourth-order valence-electron chi connectivity index (χ4n) is 3.57. The molecule has 0 unspecified atom stereocenters. The van der Waals surface area contributed by atoms with Gasteiger partial charge in [0.2, 0.25) is 0 Å². The zero-order chi connectivity index (χ0) is 18.7. The molecule has 0 aliphatic heterocycles. The van der Waals surface area contributed by atoms with Crippen LogP contribution in [0.1, 0.15) is 38.2 Å². The van der Waals surface area contributed by atoms with E-state index in [0.29, 0.717) is 42.6 Å². The van der Waals surface area contributed by atoms with Gasteiger partial charge in [0, 0.05) is 5.56 Å². The highest BCUT2D eigenvalue weighted by Crippen LogP contribution is 2.40. The van der Waals surface area contributed by atoms with Crippen LogP contribution in [0, 0.1) is 17.7 Å². The highest BCUT2D eigenvalue weighted by atomic mass is 19.3. The van der Waals surface area contributed by atoms with E-state index in [1.165, 1.54) is 18.2 Å². The number of fused-ring (bicyclic) bond motifs is 1. The fraction of sp³-hybridized carbons (Fsp3) is 0.364. The van der Waals surface area contributed by atoms with Crippen molar-refractivity contribution >= 4 is 16.8 Å². The summed E-state index contributed by atoms with van der Waals surface area (Å²) in [5, 5.41) is 1.32. The number of benzene rings is 2. The van der Waals surface area contributed by atoms with Gasteiger partial charge in [0.25, 0.3) is 0 Å². The lowest BCUT2D eigenvalue weighted by molar-refractivity contribution is -0.222. The standard InChI is InChI=1S/C22H23F3O/c1-3-5-17-12-16-8-11-20(13-18(16)14-21(17)23)26-22(24,25)19-9-6-15(4-2)7-10-19/h3-5,8,11-15,19H,2,6-7,9-10H2,1H3/b5-3+. The molecule has 0 N–H and O–H groups in total. The summed E-state index contributed by atoms with van der Waals surface area (Å²) >= 11 is 0. The molecule has 1 nitrogen and oxygen atoms in total. The Kier molecular flexibility index (Phi) is 5.40. The lowest BCUT2D eigenvalue weighted by Gasteiger charge is -2.32. The largest absolute Gasteiger partial charge is 0.432 e. The van der Waals surface area contributed by atoms with Gasteiger partial charge in [0.1, 0.15) is 11.6 Å². The smallest absolute Gasteiger partial charge is 0.400 e. The first kappa shape index (κ1) is 18.6. The van der Waals surface area contributed by atoms with Gasteiger partial charge in [-0.2, -0.15) is 8.78 Å². The van der Waals surface area contributed by atoms with Gasteiger partial charge >= 0.3 is 6.11 Å². The normalized spacial score (nSPS) is 21.2. The Morgan fingerprint density at radius 1 is 1.08 bits per heavy atom. The van der Waals surface area contributed by atoms with Gasteiger partial charge in [0.05, 0.1) is 5.92 Å². The summed E-state index contributed by atoms with van der Waals surface area (Å²) in [6.45, 7) is 5.55. The molecule has 0 bridgehead atoms. The third-order valence-corrected chi connectivity index (χ3v) is 5.11. The molecular formula is C22H23F3O. The van der Waals surface area contributed by atoms with Gasteiger partial charge in [-0.15, -0.1) is 6.58 Å². The van der Waals surface area contributed by atoms with Crippen molar-refractivity contribution in [1.29, 1.82) is 0 Å². The van der Waals surface area contributed by atoms with Crippen molar-refractivity contribution in [2.75, 3.05) is 0 Å². The molecule has 0 saturated heterocycles. The van der Waals surface area contributed by atoms with E-state index in [9.17, 15) is 13.2 Å². The van der Waals surface area contributed by atoms with E-state index in [-0.39, 0.29) is 11.6 Å². The second-order valence-corrected chi connectivity index (χ2v) is 6.89. The van der Waals surface area contributed by atoms with Crippen LogP contribution in [0.15, 0.2) is 49.1 Å². The number of allylic oxidation sites excluding steroid dienone is 2. The second kappa shape index (κ2) is 7.56. The Labute approximate surface area is 152 Å². The SMILES string of the molecule is C=CC1CCC(C(F)(F)Oc2ccc3cc(/C=C/C)c(F)cc3c2)CC1. The molecular weight excluding hydrogens is 337 g/mol. The molecule has 138 valence electrons. The summed E-state index contributed by atoms with van der Waals surface area (Å²) in [4.78, 5) is 0. The van der Waals surface area contributed by atoms with Crippen LogP contribution in [0.25, 0.3) is 16.8 Å². The molecule has 4 heteroatoms. The Morgan fingerprint density at radius 3 is 2.46 bits per heavy atom. The van der Waals surface area contributed by atoms with E-state index >= 15 is 0 Å². The van der Waals surface area contributed by atoms with Crippen LogP contribution in [-0.2, 0) is 0 Å². The molecule has 0 aromatic heterocycles. The predicted octanol–water partition coefficient (Wildman–Crippen LogP) is 6.98. The van der Waals surface area contributed by atoms with Gasteiger partial charge in [-0.3, -0.25) is 0 Å². The zero-order valence-corrected chi connectivity index (χ0v) is 14.9. The van der Waals surface area contributed by atoms with E-state index in [1.54, 1.807) is 24.3 Å².